The number of phenolic OH excluding ortho intramolecular Hbond substituents is 1. The van der Waals surface area contributed by atoms with Crippen LogP contribution in [0.4, 0.5) is 5.69 Å². The first-order chi connectivity index (χ1) is 11.2. The van der Waals surface area contributed by atoms with E-state index in [0.29, 0.717) is 5.56 Å². The molecule has 1 heterocycles. The van der Waals surface area contributed by atoms with Crippen LogP contribution in [0.1, 0.15) is 28.8 Å². The van der Waals surface area contributed by atoms with Gasteiger partial charge in [0.15, 0.2) is 0 Å². The number of carbonyl (C=O) groups is 1. The second-order valence-electron chi connectivity index (χ2n) is 5.53. The normalized spacial score (nSPS) is 14.3. The molecule has 118 valence electrons. The van der Waals surface area contributed by atoms with Crippen molar-refractivity contribution in [1.82, 2.24) is 5.43 Å². The number of hydrazone groups is 1. The molecule has 5 heteroatoms. The predicted octanol–water partition coefficient (Wildman–Crippen LogP) is 2.76. The zero-order chi connectivity index (χ0) is 16.1. The molecular weight excluding hydrogens is 290 g/mol. The first-order valence-electron chi connectivity index (χ1n) is 7.70. The summed E-state index contributed by atoms with van der Waals surface area (Å²) < 4.78 is 0. The van der Waals surface area contributed by atoms with Crippen LogP contribution in [0.15, 0.2) is 53.6 Å². The van der Waals surface area contributed by atoms with Crippen molar-refractivity contribution < 1.29 is 9.90 Å². The van der Waals surface area contributed by atoms with Gasteiger partial charge in [-0.15, -0.1) is 0 Å². The monoisotopic (exact) mass is 309 g/mol. The number of nitrogens with one attached hydrogen (secondary N) is 1. The van der Waals surface area contributed by atoms with Gasteiger partial charge in [-0.1, -0.05) is 12.1 Å². The molecule has 2 N–H and O–H groups in total. The highest BCUT2D eigenvalue weighted by atomic mass is 16.3. The molecule has 1 saturated heterocycles. The summed E-state index contributed by atoms with van der Waals surface area (Å²) in [5, 5.41) is 13.2. The SMILES string of the molecule is O=C(N/N=C\c1ccc(N2CCCC2)cc1)c1ccc(O)cc1. The molecule has 23 heavy (non-hydrogen) atoms. The molecule has 1 aliphatic rings. The minimum Gasteiger partial charge on any atom is -0.508 e. The van der Waals surface area contributed by atoms with E-state index in [-0.39, 0.29) is 11.7 Å². The van der Waals surface area contributed by atoms with Crippen molar-refractivity contribution in [3.63, 3.8) is 0 Å². The van der Waals surface area contributed by atoms with Crippen molar-refractivity contribution in [2.24, 2.45) is 5.10 Å². The third kappa shape index (κ3) is 3.88. The van der Waals surface area contributed by atoms with Crippen LogP contribution in [-0.2, 0) is 0 Å². The largest absolute Gasteiger partial charge is 0.508 e. The van der Waals surface area contributed by atoms with Gasteiger partial charge in [-0.25, -0.2) is 5.43 Å². The van der Waals surface area contributed by atoms with E-state index in [4.69, 9.17) is 0 Å². The summed E-state index contributed by atoms with van der Waals surface area (Å²) in [5.41, 5.74) is 5.08. The van der Waals surface area contributed by atoms with E-state index in [2.05, 4.69) is 27.6 Å². The number of hydrogen-bond acceptors (Lipinski definition) is 4. The number of rotatable bonds is 4. The number of aromatic hydroxyl groups is 1. The number of carbonyl (C=O) groups excluding carboxylic acids is 1. The van der Waals surface area contributed by atoms with Crippen molar-refractivity contribution in [1.29, 1.82) is 0 Å². The molecule has 0 aliphatic carbocycles. The third-order valence-corrected chi connectivity index (χ3v) is 3.87. The minimum absolute atomic E-state index is 0.128. The molecule has 0 bridgehead atoms. The Morgan fingerprint density at radius 3 is 2.35 bits per heavy atom. The fourth-order valence-corrected chi connectivity index (χ4v) is 2.59. The second kappa shape index (κ2) is 6.96. The maximum atomic E-state index is 11.9. The summed E-state index contributed by atoms with van der Waals surface area (Å²) in [6.45, 7) is 2.24. The molecule has 0 spiro atoms. The third-order valence-electron chi connectivity index (χ3n) is 3.87. The van der Waals surface area contributed by atoms with Crippen LogP contribution >= 0.6 is 0 Å². The Morgan fingerprint density at radius 2 is 1.70 bits per heavy atom. The van der Waals surface area contributed by atoms with Crippen LogP contribution in [-0.4, -0.2) is 30.3 Å². The molecule has 3 rings (SSSR count). The standard InChI is InChI=1S/C18H19N3O2/c22-17-9-5-15(6-10-17)18(23)20-19-13-14-3-7-16(8-4-14)21-11-1-2-12-21/h3-10,13,22H,1-2,11-12H2,(H,20,23)/b19-13-. The van der Waals surface area contributed by atoms with E-state index in [1.165, 1.54) is 30.7 Å². The summed E-state index contributed by atoms with van der Waals surface area (Å²) in [6.07, 6.45) is 4.13. The molecule has 0 unspecified atom stereocenters. The van der Waals surface area contributed by atoms with Crippen molar-refractivity contribution in [2.45, 2.75) is 12.8 Å². The van der Waals surface area contributed by atoms with Crippen molar-refractivity contribution in [2.75, 3.05) is 18.0 Å². The van der Waals surface area contributed by atoms with Crippen molar-refractivity contribution >= 4 is 17.8 Å². The van der Waals surface area contributed by atoms with Crippen LogP contribution in [0.3, 0.4) is 0 Å². The van der Waals surface area contributed by atoms with Crippen LogP contribution in [0.2, 0.25) is 0 Å². The summed E-state index contributed by atoms with van der Waals surface area (Å²) in [4.78, 5) is 14.2. The van der Waals surface area contributed by atoms with Gasteiger partial charge in [0, 0.05) is 24.3 Å². The maximum absolute atomic E-state index is 11.9. The molecule has 0 atom stereocenters. The van der Waals surface area contributed by atoms with E-state index < -0.39 is 0 Å². The summed E-state index contributed by atoms with van der Waals surface area (Å²) in [6, 6.07) is 14.2. The number of nitrogens with zero attached hydrogens (tertiary/aromatic N) is 2. The Kier molecular flexibility index (Phi) is 4.57. The van der Waals surface area contributed by atoms with Gasteiger partial charge in [0.25, 0.3) is 5.91 Å². The number of hydrogen-bond donors (Lipinski definition) is 2. The molecule has 1 aliphatic heterocycles. The molecule has 2 aromatic rings. The number of anilines is 1. The van der Waals surface area contributed by atoms with E-state index in [0.717, 1.165) is 18.7 Å². The molecule has 1 amide bonds. The first kappa shape index (κ1) is 15.1. The Hall–Kier alpha value is -2.82. The second-order valence-corrected chi connectivity index (χ2v) is 5.53. The summed E-state index contributed by atoms with van der Waals surface area (Å²) in [7, 11) is 0. The fourth-order valence-electron chi connectivity index (χ4n) is 2.59. The van der Waals surface area contributed by atoms with Crippen LogP contribution in [0.5, 0.6) is 5.75 Å². The van der Waals surface area contributed by atoms with Gasteiger partial charge in [0.2, 0.25) is 0 Å². The zero-order valence-corrected chi connectivity index (χ0v) is 12.8. The molecule has 2 aromatic carbocycles. The number of benzene rings is 2. The van der Waals surface area contributed by atoms with Gasteiger partial charge < -0.3 is 10.0 Å². The lowest BCUT2D eigenvalue weighted by Gasteiger charge is -2.17. The highest BCUT2D eigenvalue weighted by Gasteiger charge is 2.11. The lowest BCUT2D eigenvalue weighted by molar-refractivity contribution is 0.0955. The van der Waals surface area contributed by atoms with Gasteiger partial charge in [0.05, 0.1) is 6.21 Å². The average Bonchev–Trinajstić information content (AvgIpc) is 3.10. The molecule has 0 saturated carbocycles. The minimum atomic E-state index is -0.310. The zero-order valence-electron chi connectivity index (χ0n) is 12.8. The molecule has 5 nitrogen and oxygen atoms in total. The topological polar surface area (TPSA) is 64.9 Å². The van der Waals surface area contributed by atoms with Gasteiger partial charge in [-0.3, -0.25) is 4.79 Å². The van der Waals surface area contributed by atoms with Gasteiger partial charge in [-0.05, 0) is 54.8 Å². The van der Waals surface area contributed by atoms with Crippen LogP contribution in [0.25, 0.3) is 0 Å². The highest BCUT2D eigenvalue weighted by Crippen LogP contribution is 2.19. The fraction of sp³-hybridized carbons (Fsp3) is 0.222. The van der Waals surface area contributed by atoms with Crippen LogP contribution in [0, 0.1) is 0 Å². The Bertz CT molecular complexity index is 687. The Balaban J connectivity index is 1.57. The summed E-state index contributed by atoms with van der Waals surface area (Å²) >= 11 is 0. The van der Waals surface area contributed by atoms with E-state index in [1.54, 1.807) is 18.3 Å². The van der Waals surface area contributed by atoms with Crippen molar-refractivity contribution in [3.05, 3.63) is 59.7 Å². The molecule has 1 fully saturated rings. The van der Waals surface area contributed by atoms with Gasteiger partial charge >= 0.3 is 0 Å². The quantitative estimate of drug-likeness (QED) is 0.674. The molecule has 0 aromatic heterocycles. The lowest BCUT2D eigenvalue weighted by Crippen LogP contribution is -2.18. The highest BCUT2D eigenvalue weighted by molar-refractivity contribution is 5.95. The van der Waals surface area contributed by atoms with E-state index in [1.807, 2.05) is 12.1 Å². The van der Waals surface area contributed by atoms with E-state index >= 15 is 0 Å². The average molecular weight is 309 g/mol. The Morgan fingerprint density at radius 1 is 1.04 bits per heavy atom. The number of amides is 1. The molecular formula is C18H19N3O2. The first-order valence-corrected chi connectivity index (χ1v) is 7.70. The maximum Gasteiger partial charge on any atom is 0.271 e. The predicted molar refractivity (Wildman–Crippen MR) is 91.1 cm³/mol. The molecule has 0 radical (unpaired) electrons. The van der Waals surface area contributed by atoms with E-state index in [9.17, 15) is 9.90 Å². The van der Waals surface area contributed by atoms with Crippen molar-refractivity contribution in [3.8, 4) is 5.75 Å². The lowest BCUT2D eigenvalue weighted by atomic mass is 10.2. The smallest absolute Gasteiger partial charge is 0.271 e. The van der Waals surface area contributed by atoms with Gasteiger partial charge in [-0.2, -0.15) is 5.10 Å². The number of phenols is 1. The summed E-state index contributed by atoms with van der Waals surface area (Å²) in [5.74, 6) is -0.182. The van der Waals surface area contributed by atoms with Crippen LogP contribution < -0.4 is 10.3 Å². The Labute approximate surface area is 135 Å². The van der Waals surface area contributed by atoms with Gasteiger partial charge in [0.1, 0.15) is 5.75 Å².